The van der Waals surface area contributed by atoms with Crippen molar-refractivity contribution in [2.45, 2.75) is 18.4 Å². The van der Waals surface area contributed by atoms with Crippen LogP contribution in [0.1, 0.15) is 21.5 Å². The normalized spacial score (nSPS) is 11.0. The highest BCUT2D eigenvalue weighted by Gasteiger charge is 2.14. The third kappa shape index (κ3) is 6.57. The van der Waals surface area contributed by atoms with E-state index in [0.29, 0.717) is 11.3 Å². The van der Waals surface area contributed by atoms with Gasteiger partial charge in [0, 0.05) is 21.4 Å². The molecule has 0 aliphatic carbocycles. The van der Waals surface area contributed by atoms with Gasteiger partial charge in [-0.2, -0.15) is 0 Å². The summed E-state index contributed by atoms with van der Waals surface area (Å²) in [5.41, 5.74) is 3.02. The Morgan fingerprint density at radius 1 is 1.00 bits per heavy atom. The number of hydrogen-bond donors (Lipinski definition) is 3. The zero-order chi connectivity index (χ0) is 22.4. The highest BCUT2D eigenvalue weighted by Crippen LogP contribution is 2.16. The molecular weight excluding hydrogens is 545 g/mol. The number of halogens is 1. The molecule has 0 fully saturated rings. The summed E-state index contributed by atoms with van der Waals surface area (Å²) in [6, 6.07) is 20.8. The van der Waals surface area contributed by atoms with E-state index < -0.39 is 10.0 Å². The number of nitrogens with one attached hydrogen (secondary N) is 3. The molecule has 0 aromatic heterocycles. The van der Waals surface area contributed by atoms with Gasteiger partial charge < -0.3 is 5.32 Å². The predicted octanol–water partition coefficient (Wildman–Crippen LogP) is 4.20. The number of benzene rings is 3. The van der Waals surface area contributed by atoms with Crippen molar-refractivity contribution in [2.24, 2.45) is 0 Å². The number of carbonyl (C=O) groups is 1. The van der Waals surface area contributed by atoms with Gasteiger partial charge in [0.05, 0.1) is 4.90 Å². The number of anilines is 1. The molecular formula is C22H20IN3O3S2. The Labute approximate surface area is 200 Å². The molecule has 0 heterocycles. The van der Waals surface area contributed by atoms with Crippen LogP contribution in [0, 0.1) is 10.5 Å². The van der Waals surface area contributed by atoms with Crippen LogP contribution in [0.2, 0.25) is 0 Å². The van der Waals surface area contributed by atoms with Crippen LogP contribution in [0.25, 0.3) is 0 Å². The molecule has 9 heteroatoms. The summed E-state index contributed by atoms with van der Waals surface area (Å²) in [5, 5.41) is 5.63. The van der Waals surface area contributed by atoms with E-state index in [1.807, 2.05) is 43.3 Å². The van der Waals surface area contributed by atoms with E-state index in [1.165, 1.54) is 12.1 Å². The van der Waals surface area contributed by atoms with Crippen LogP contribution in [-0.2, 0) is 16.6 Å². The largest absolute Gasteiger partial charge is 0.332 e. The number of rotatable bonds is 6. The molecule has 0 aliphatic rings. The summed E-state index contributed by atoms with van der Waals surface area (Å²) < 4.78 is 28.5. The van der Waals surface area contributed by atoms with Gasteiger partial charge in [-0.3, -0.25) is 10.1 Å². The summed E-state index contributed by atoms with van der Waals surface area (Å²) in [7, 11) is -3.65. The van der Waals surface area contributed by atoms with Crippen molar-refractivity contribution >= 4 is 61.5 Å². The molecule has 3 aromatic carbocycles. The lowest BCUT2D eigenvalue weighted by molar-refractivity contribution is 0.0977. The summed E-state index contributed by atoms with van der Waals surface area (Å²) in [4.78, 5) is 12.5. The molecule has 31 heavy (non-hydrogen) atoms. The number of thiocarbonyl (C=S) groups is 1. The fourth-order valence-electron chi connectivity index (χ4n) is 2.65. The molecule has 3 rings (SSSR count). The van der Waals surface area contributed by atoms with Crippen LogP contribution < -0.4 is 15.4 Å². The zero-order valence-electron chi connectivity index (χ0n) is 16.6. The maximum absolute atomic E-state index is 12.5. The zero-order valence-corrected chi connectivity index (χ0v) is 20.3. The maximum atomic E-state index is 12.5. The number of hydrogen-bond acceptors (Lipinski definition) is 4. The third-order valence-electron chi connectivity index (χ3n) is 4.39. The van der Waals surface area contributed by atoms with E-state index in [2.05, 4.69) is 37.9 Å². The van der Waals surface area contributed by atoms with Gasteiger partial charge in [0.25, 0.3) is 5.91 Å². The van der Waals surface area contributed by atoms with E-state index in [4.69, 9.17) is 12.2 Å². The van der Waals surface area contributed by atoms with Gasteiger partial charge >= 0.3 is 0 Å². The second-order valence-corrected chi connectivity index (χ2v) is 10.0. The second-order valence-electron chi connectivity index (χ2n) is 6.71. The molecule has 0 atom stereocenters. The van der Waals surface area contributed by atoms with Gasteiger partial charge in [0.1, 0.15) is 0 Å². The van der Waals surface area contributed by atoms with Crippen LogP contribution >= 0.6 is 34.8 Å². The van der Waals surface area contributed by atoms with Crippen LogP contribution in [0.3, 0.4) is 0 Å². The molecule has 1 amide bonds. The molecule has 6 nitrogen and oxygen atoms in total. The van der Waals surface area contributed by atoms with Crippen molar-refractivity contribution in [3.05, 3.63) is 93.1 Å². The van der Waals surface area contributed by atoms with E-state index in [-0.39, 0.29) is 22.5 Å². The highest BCUT2D eigenvalue weighted by atomic mass is 127. The van der Waals surface area contributed by atoms with Gasteiger partial charge in [-0.1, -0.05) is 36.4 Å². The first-order valence-corrected chi connectivity index (χ1v) is 12.2. The molecule has 0 bridgehead atoms. The summed E-state index contributed by atoms with van der Waals surface area (Å²) in [5.74, 6) is -0.320. The van der Waals surface area contributed by atoms with Crippen LogP contribution in [0.5, 0.6) is 0 Å². The van der Waals surface area contributed by atoms with E-state index >= 15 is 0 Å². The Kier molecular flexibility index (Phi) is 7.76. The Morgan fingerprint density at radius 3 is 2.32 bits per heavy atom. The molecule has 0 unspecified atom stereocenters. The molecule has 0 spiro atoms. The molecule has 3 aromatic rings. The maximum Gasteiger partial charge on any atom is 0.257 e. The van der Waals surface area contributed by atoms with Gasteiger partial charge in [-0.05, 0) is 89.3 Å². The van der Waals surface area contributed by atoms with E-state index in [0.717, 1.165) is 14.7 Å². The summed E-state index contributed by atoms with van der Waals surface area (Å²) in [6.45, 7) is 2.17. The lowest BCUT2D eigenvalue weighted by Crippen LogP contribution is -2.34. The smallest absolute Gasteiger partial charge is 0.257 e. The SMILES string of the molecule is Cc1ccc(C(=O)NC(=S)Nc2ccc(S(=O)(=O)NCc3ccccc3)cc2)cc1I. The fraction of sp³-hybridized carbons (Fsp3) is 0.0909. The molecule has 0 saturated carbocycles. The lowest BCUT2D eigenvalue weighted by atomic mass is 10.1. The Morgan fingerprint density at radius 2 is 1.68 bits per heavy atom. The molecule has 0 aliphatic heterocycles. The topological polar surface area (TPSA) is 87.3 Å². The highest BCUT2D eigenvalue weighted by molar-refractivity contribution is 14.1. The third-order valence-corrected chi connectivity index (χ3v) is 7.18. The number of carbonyl (C=O) groups excluding carboxylic acids is 1. The number of sulfonamides is 1. The second kappa shape index (κ2) is 10.3. The van der Waals surface area contributed by atoms with Crippen molar-refractivity contribution in [2.75, 3.05) is 5.32 Å². The predicted molar refractivity (Wildman–Crippen MR) is 134 cm³/mol. The molecule has 0 radical (unpaired) electrons. The number of aryl methyl sites for hydroxylation is 1. The van der Waals surface area contributed by atoms with Crippen LogP contribution in [-0.4, -0.2) is 19.4 Å². The first-order valence-electron chi connectivity index (χ1n) is 9.27. The fourth-order valence-corrected chi connectivity index (χ4v) is 4.39. The Bertz CT molecular complexity index is 1200. The van der Waals surface area contributed by atoms with Crippen LogP contribution in [0.15, 0.2) is 77.7 Å². The Balaban J connectivity index is 1.58. The number of amides is 1. The minimum atomic E-state index is -3.65. The minimum absolute atomic E-state index is 0.124. The van der Waals surface area contributed by atoms with Gasteiger partial charge in [-0.25, -0.2) is 13.1 Å². The Hall–Kier alpha value is -2.34. The average molecular weight is 565 g/mol. The summed E-state index contributed by atoms with van der Waals surface area (Å²) in [6.07, 6.45) is 0. The first-order chi connectivity index (χ1) is 14.7. The standard InChI is InChI=1S/C22H20IN3O3S2/c1-15-7-8-17(13-20(15)23)21(27)26-22(30)25-18-9-11-19(12-10-18)31(28,29)24-14-16-5-3-2-4-6-16/h2-13,24H,14H2,1H3,(H2,25,26,27,30). The van der Waals surface area contributed by atoms with Crippen molar-refractivity contribution in [1.82, 2.24) is 10.0 Å². The monoisotopic (exact) mass is 565 g/mol. The van der Waals surface area contributed by atoms with E-state index in [9.17, 15) is 13.2 Å². The van der Waals surface area contributed by atoms with Gasteiger partial charge in [0.15, 0.2) is 5.11 Å². The minimum Gasteiger partial charge on any atom is -0.332 e. The molecule has 3 N–H and O–H groups in total. The lowest BCUT2D eigenvalue weighted by Gasteiger charge is -2.11. The van der Waals surface area contributed by atoms with Crippen molar-refractivity contribution in [1.29, 1.82) is 0 Å². The van der Waals surface area contributed by atoms with Gasteiger partial charge in [0.2, 0.25) is 10.0 Å². The van der Waals surface area contributed by atoms with Crippen molar-refractivity contribution in [3.63, 3.8) is 0 Å². The molecule has 0 saturated heterocycles. The van der Waals surface area contributed by atoms with E-state index in [1.54, 1.807) is 24.3 Å². The van der Waals surface area contributed by atoms with Crippen LogP contribution in [0.4, 0.5) is 5.69 Å². The quantitative estimate of drug-likeness (QED) is 0.308. The first kappa shape index (κ1) is 23.3. The van der Waals surface area contributed by atoms with Crippen molar-refractivity contribution in [3.8, 4) is 0 Å². The molecule has 160 valence electrons. The van der Waals surface area contributed by atoms with Crippen molar-refractivity contribution < 1.29 is 13.2 Å². The van der Waals surface area contributed by atoms with Gasteiger partial charge in [-0.15, -0.1) is 0 Å². The average Bonchev–Trinajstić information content (AvgIpc) is 2.75. The summed E-state index contributed by atoms with van der Waals surface area (Å²) >= 11 is 7.37.